The Morgan fingerprint density at radius 1 is 1.05 bits per heavy atom. The topological polar surface area (TPSA) is 109 Å². The third-order valence-electron chi connectivity index (χ3n) is 6.37. The predicted molar refractivity (Wildman–Crippen MR) is 140 cm³/mol. The van der Waals surface area contributed by atoms with Crippen LogP contribution < -0.4 is 10.6 Å². The molecule has 9 nitrogen and oxygen atoms in total. The van der Waals surface area contributed by atoms with Gasteiger partial charge in [0.05, 0.1) is 17.5 Å². The number of aromatic nitrogens is 2. The molecule has 0 aliphatic carbocycles. The van der Waals surface area contributed by atoms with E-state index in [0.29, 0.717) is 38.4 Å². The molecular formula is C27H29N5O4S. The maximum absolute atomic E-state index is 13.4. The normalized spacial score (nSPS) is 14.1. The van der Waals surface area contributed by atoms with Crippen molar-refractivity contribution < 1.29 is 17.6 Å². The molecule has 5 rings (SSSR count). The summed E-state index contributed by atoms with van der Waals surface area (Å²) in [6.45, 7) is 2.35. The van der Waals surface area contributed by atoms with E-state index in [2.05, 4.69) is 15.6 Å². The first kappa shape index (κ1) is 24.8. The number of hydrogen-bond donors (Lipinski definition) is 2. The predicted octanol–water partition coefficient (Wildman–Crippen LogP) is 3.97. The maximum Gasteiger partial charge on any atom is 0.251 e. The standard InChI is InChI=1S/C27H29N5O4S/c33-27(29-10-14-31-13-9-28-20-31)22-16-23(18-24(17-22)37(34,35)32-11-3-4-12-32)30-19-21-6-1-2-7-25(21)26-8-5-15-36-26/h1-2,5-9,13,15-18,20,30H,3-4,10-12,14,19H2,(H,29,33). The average molecular weight is 520 g/mol. The lowest BCUT2D eigenvalue weighted by atomic mass is 10.1. The monoisotopic (exact) mass is 519 g/mol. The van der Waals surface area contributed by atoms with Crippen LogP contribution in [0, 0.1) is 0 Å². The molecule has 2 aromatic carbocycles. The molecule has 0 bridgehead atoms. The van der Waals surface area contributed by atoms with Crippen molar-refractivity contribution in [3.63, 3.8) is 0 Å². The van der Waals surface area contributed by atoms with E-state index in [1.54, 1.807) is 30.9 Å². The van der Waals surface area contributed by atoms with Gasteiger partial charge in [0.2, 0.25) is 10.0 Å². The minimum atomic E-state index is -3.71. The van der Waals surface area contributed by atoms with Crippen LogP contribution in [-0.4, -0.2) is 47.8 Å². The third kappa shape index (κ3) is 5.76. The van der Waals surface area contributed by atoms with Crippen LogP contribution >= 0.6 is 0 Å². The Bertz CT molecular complexity index is 1440. The molecule has 1 saturated heterocycles. The zero-order valence-electron chi connectivity index (χ0n) is 20.3. The van der Waals surface area contributed by atoms with Crippen LogP contribution in [0.15, 0.2) is 88.9 Å². The van der Waals surface area contributed by atoms with Crippen molar-refractivity contribution >= 4 is 21.6 Å². The molecule has 1 aliphatic rings. The van der Waals surface area contributed by atoms with Gasteiger partial charge in [0.1, 0.15) is 5.76 Å². The quantitative estimate of drug-likeness (QED) is 0.328. The van der Waals surface area contributed by atoms with Crippen molar-refractivity contribution in [2.45, 2.75) is 30.8 Å². The van der Waals surface area contributed by atoms with E-state index in [-0.39, 0.29) is 16.4 Å². The molecular weight excluding hydrogens is 490 g/mol. The lowest BCUT2D eigenvalue weighted by Gasteiger charge is -2.18. The second-order valence-corrected chi connectivity index (χ2v) is 10.8. The van der Waals surface area contributed by atoms with E-state index in [1.165, 1.54) is 10.4 Å². The first-order valence-corrected chi connectivity index (χ1v) is 13.7. The Morgan fingerprint density at radius 2 is 1.89 bits per heavy atom. The number of carbonyl (C=O) groups excluding carboxylic acids is 1. The Balaban J connectivity index is 1.39. The van der Waals surface area contributed by atoms with Gasteiger partial charge in [0.25, 0.3) is 5.91 Å². The summed E-state index contributed by atoms with van der Waals surface area (Å²) in [5.74, 6) is 0.415. The number of rotatable bonds is 10. The van der Waals surface area contributed by atoms with Crippen molar-refractivity contribution in [2.75, 3.05) is 25.0 Å². The fourth-order valence-electron chi connectivity index (χ4n) is 4.42. The van der Waals surface area contributed by atoms with E-state index in [9.17, 15) is 13.2 Å². The SMILES string of the molecule is O=C(NCCn1ccnc1)c1cc(NCc2ccccc2-c2ccco2)cc(S(=O)(=O)N2CCCC2)c1. The summed E-state index contributed by atoms with van der Waals surface area (Å²) in [5, 5.41) is 6.20. The molecule has 1 aliphatic heterocycles. The van der Waals surface area contributed by atoms with Gasteiger partial charge < -0.3 is 19.6 Å². The Morgan fingerprint density at radius 3 is 2.65 bits per heavy atom. The number of furan rings is 1. The summed E-state index contributed by atoms with van der Waals surface area (Å²) in [5.41, 5.74) is 2.76. The summed E-state index contributed by atoms with van der Waals surface area (Å²) < 4.78 is 35.6. The van der Waals surface area contributed by atoms with Crippen molar-refractivity contribution in [3.8, 4) is 11.3 Å². The van der Waals surface area contributed by atoms with E-state index < -0.39 is 10.0 Å². The van der Waals surface area contributed by atoms with Gasteiger partial charge in [-0.05, 0) is 48.7 Å². The highest BCUT2D eigenvalue weighted by molar-refractivity contribution is 7.89. The number of anilines is 1. The van der Waals surface area contributed by atoms with E-state index in [4.69, 9.17) is 4.42 Å². The largest absolute Gasteiger partial charge is 0.464 e. The summed E-state index contributed by atoms with van der Waals surface area (Å²) in [7, 11) is -3.71. The van der Waals surface area contributed by atoms with Gasteiger partial charge in [0.15, 0.2) is 0 Å². The molecule has 2 aromatic heterocycles. The molecule has 0 saturated carbocycles. The van der Waals surface area contributed by atoms with Crippen molar-refractivity contribution in [1.82, 2.24) is 19.2 Å². The van der Waals surface area contributed by atoms with Gasteiger partial charge in [-0.1, -0.05) is 24.3 Å². The van der Waals surface area contributed by atoms with Crippen LogP contribution in [0.25, 0.3) is 11.3 Å². The minimum Gasteiger partial charge on any atom is -0.464 e. The van der Waals surface area contributed by atoms with Crippen LogP contribution in [-0.2, 0) is 23.1 Å². The number of carbonyl (C=O) groups is 1. The molecule has 0 spiro atoms. The fraction of sp³-hybridized carbons (Fsp3) is 0.259. The van der Waals surface area contributed by atoms with Crippen molar-refractivity contribution in [1.29, 1.82) is 0 Å². The molecule has 192 valence electrons. The van der Waals surface area contributed by atoms with Crippen LogP contribution in [0.2, 0.25) is 0 Å². The van der Waals surface area contributed by atoms with E-state index >= 15 is 0 Å². The highest BCUT2D eigenvalue weighted by Gasteiger charge is 2.28. The van der Waals surface area contributed by atoms with Gasteiger partial charge >= 0.3 is 0 Å². The first-order chi connectivity index (χ1) is 18.0. The molecule has 1 fully saturated rings. The maximum atomic E-state index is 13.4. The lowest BCUT2D eigenvalue weighted by Crippen LogP contribution is -2.29. The molecule has 0 unspecified atom stereocenters. The molecule has 2 N–H and O–H groups in total. The van der Waals surface area contributed by atoms with Crippen LogP contribution in [0.5, 0.6) is 0 Å². The summed E-state index contributed by atoms with van der Waals surface area (Å²) in [4.78, 5) is 17.1. The average Bonchev–Trinajstić information content (AvgIpc) is 3.71. The number of hydrogen-bond acceptors (Lipinski definition) is 6. The molecule has 37 heavy (non-hydrogen) atoms. The Labute approximate surface area is 216 Å². The summed E-state index contributed by atoms with van der Waals surface area (Å²) >= 11 is 0. The van der Waals surface area contributed by atoms with Gasteiger partial charge in [-0.3, -0.25) is 4.79 Å². The molecule has 1 amide bonds. The number of sulfonamides is 1. The van der Waals surface area contributed by atoms with Crippen LogP contribution in [0.4, 0.5) is 5.69 Å². The summed E-state index contributed by atoms with van der Waals surface area (Å²) in [6, 6.07) is 16.3. The number of nitrogens with one attached hydrogen (secondary N) is 2. The van der Waals surface area contributed by atoms with Crippen molar-refractivity contribution in [2.24, 2.45) is 0 Å². The third-order valence-corrected chi connectivity index (χ3v) is 8.25. The lowest BCUT2D eigenvalue weighted by molar-refractivity contribution is 0.0952. The van der Waals surface area contributed by atoms with E-state index in [0.717, 1.165) is 29.7 Å². The first-order valence-electron chi connectivity index (χ1n) is 12.3. The second-order valence-electron chi connectivity index (χ2n) is 8.90. The number of imidazole rings is 1. The molecule has 4 aromatic rings. The molecule has 10 heteroatoms. The van der Waals surface area contributed by atoms with Crippen LogP contribution in [0.3, 0.4) is 0 Å². The fourth-order valence-corrected chi connectivity index (χ4v) is 6.01. The van der Waals surface area contributed by atoms with Gasteiger partial charge in [-0.2, -0.15) is 4.31 Å². The van der Waals surface area contributed by atoms with Crippen molar-refractivity contribution in [3.05, 3.63) is 90.7 Å². The van der Waals surface area contributed by atoms with Gasteiger partial charge in [-0.15, -0.1) is 0 Å². The molecule has 0 radical (unpaired) electrons. The highest BCUT2D eigenvalue weighted by atomic mass is 32.2. The summed E-state index contributed by atoms with van der Waals surface area (Å²) in [6.07, 6.45) is 8.47. The minimum absolute atomic E-state index is 0.110. The Kier molecular flexibility index (Phi) is 7.38. The number of nitrogens with zero attached hydrogens (tertiary/aromatic N) is 3. The zero-order valence-corrected chi connectivity index (χ0v) is 21.2. The van der Waals surface area contributed by atoms with Crippen LogP contribution in [0.1, 0.15) is 28.8 Å². The zero-order chi connectivity index (χ0) is 25.7. The second kappa shape index (κ2) is 11.0. The number of amides is 1. The smallest absolute Gasteiger partial charge is 0.251 e. The number of benzene rings is 2. The molecule has 3 heterocycles. The van der Waals surface area contributed by atoms with E-state index in [1.807, 2.05) is 47.2 Å². The highest BCUT2D eigenvalue weighted by Crippen LogP contribution is 2.28. The molecule has 0 atom stereocenters. The Hall–Kier alpha value is -3.89. The van der Waals surface area contributed by atoms with Gasteiger partial charge in [-0.25, -0.2) is 13.4 Å². The van der Waals surface area contributed by atoms with Gasteiger partial charge in [0, 0.05) is 61.9 Å².